The van der Waals surface area contributed by atoms with Crippen molar-refractivity contribution in [1.29, 1.82) is 0 Å². The van der Waals surface area contributed by atoms with Gasteiger partial charge in [-0.05, 0) is 39.7 Å². The molecule has 2 N–H and O–H groups in total. The van der Waals surface area contributed by atoms with Crippen LogP contribution in [-0.2, 0) is 0 Å². The lowest BCUT2D eigenvalue weighted by Gasteiger charge is -2.14. The van der Waals surface area contributed by atoms with Crippen LogP contribution in [0.1, 0.15) is 22.0 Å². The Bertz CT molecular complexity index is 598. The molecule has 0 heterocycles. The normalized spacial score (nSPS) is 11.9. The Kier molecular flexibility index (Phi) is 4.76. The lowest BCUT2D eigenvalue weighted by atomic mass is 10.1. The number of aliphatic hydroxyl groups excluding tert-OH is 1. The first kappa shape index (κ1) is 14.6. The summed E-state index contributed by atoms with van der Waals surface area (Å²) in [5.41, 5.74) is 0.885. The zero-order chi connectivity index (χ0) is 14.5. The summed E-state index contributed by atoms with van der Waals surface area (Å²) < 4.78 is 6.13. The molecule has 0 radical (unpaired) electrons. The predicted molar refractivity (Wildman–Crippen MR) is 78.0 cm³/mol. The highest BCUT2D eigenvalue weighted by Gasteiger charge is 2.11. The number of carbonyl (C=O) groups is 1. The van der Waals surface area contributed by atoms with Crippen LogP contribution in [0.2, 0.25) is 0 Å². The molecule has 0 aliphatic rings. The molecule has 2 aromatic carbocycles. The first-order valence-electron chi connectivity index (χ1n) is 5.96. The Morgan fingerprint density at radius 1 is 1.20 bits per heavy atom. The maximum Gasteiger partial charge on any atom is 0.335 e. The van der Waals surface area contributed by atoms with Gasteiger partial charge in [0.05, 0.1) is 10.0 Å². The molecule has 0 aromatic heterocycles. The fourth-order valence-electron chi connectivity index (χ4n) is 1.69. The molecular weight excluding hydrogens is 324 g/mol. The van der Waals surface area contributed by atoms with Crippen LogP contribution in [0.25, 0.3) is 0 Å². The van der Waals surface area contributed by atoms with Crippen molar-refractivity contribution in [2.75, 3.05) is 6.61 Å². The van der Waals surface area contributed by atoms with E-state index in [0.29, 0.717) is 10.2 Å². The second-order valence-corrected chi connectivity index (χ2v) is 5.04. The second kappa shape index (κ2) is 6.54. The molecule has 1 unspecified atom stereocenters. The third-order valence-electron chi connectivity index (χ3n) is 2.76. The van der Waals surface area contributed by atoms with Crippen LogP contribution in [0.5, 0.6) is 5.75 Å². The van der Waals surface area contributed by atoms with Crippen LogP contribution in [0, 0.1) is 0 Å². The highest BCUT2D eigenvalue weighted by Crippen LogP contribution is 2.27. The van der Waals surface area contributed by atoms with E-state index in [9.17, 15) is 9.90 Å². The number of benzene rings is 2. The summed E-state index contributed by atoms with van der Waals surface area (Å²) in [5, 5.41) is 18.9. The van der Waals surface area contributed by atoms with Crippen molar-refractivity contribution in [3.05, 3.63) is 64.1 Å². The fraction of sp³-hybridized carbons (Fsp3) is 0.133. The van der Waals surface area contributed by atoms with Gasteiger partial charge in [-0.25, -0.2) is 4.79 Å². The van der Waals surface area contributed by atoms with Crippen molar-refractivity contribution in [3.8, 4) is 5.75 Å². The van der Waals surface area contributed by atoms with Crippen molar-refractivity contribution in [1.82, 2.24) is 0 Å². The highest BCUT2D eigenvalue weighted by molar-refractivity contribution is 9.10. The van der Waals surface area contributed by atoms with Crippen LogP contribution in [0.15, 0.2) is 53.0 Å². The van der Waals surface area contributed by atoms with Crippen LogP contribution >= 0.6 is 15.9 Å². The molecule has 104 valence electrons. The lowest BCUT2D eigenvalue weighted by Crippen LogP contribution is -2.10. The summed E-state index contributed by atoms with van der Waals surface area (Å²) in [6.45, 7) is 0.0473. The van der Waals surface area contributed by atoms with Gasteiger partial charge in [0.15, 0.2) is 0 Å². The van der Waals surface area contributed by atoms with E-state index in [1.165, 1.54) is 12.1 Å². The largest absolute Gasteiger partial charge is 0.489 e. The summed E-state index contributed by atoms with van der Waals surface area (Å²) in [7, 11) is 0. The number of aromatic carboxylic acids is 1. The van der Waals surface area contributed by atoms with E-state index < -0.39 is 12.1 Å². The first-order chi connectivity index (χ1) is 9.58. The van der Waals surface area contributed by atoms with E-state index in [-0.39, 0.29) is 12.2 Å². The monoisotopic (exact) mass is 336 g/mol. The van der Waals surface area contributed by atoms with E-state index in [1.54, 1.807) is 18.2 Å². The van der Waals surface area contributed by atoms with Gasteiger partial charge in [0.1, 0.15) is 18.5 Å². The van der Waals surface area contributed by atoms with Gasteiger partial charge >= 0.3 is 5.97 Å². The predicted octanol–water partition coefficient (Wildman–Crippen LogP) is 3.26. The standard InChI is InChI=1S/C15H13BrO4/c16-12-7-6-11(15(18)19)8-14(12)20-9-13(17)10-4-2-1-3-5-10/h1-8,13,17H,9H2,(H,18,19). The molecule has 2 rings (SSSR count). The van der Waals surface area contributed by atoms with Gasteiger partial charge in [-0.15, -0.1) is 0 Å². The zero-order valence-corrected chi connectivity index (χ0v) is 12.1. The Labute approximate surface area is 124 Å². The van der Waals surface area contributed by atoms with Gasteiger partial charge in [0, 0.05) is 0 Å². The van der Waals surface area contributed by atoms with Crippen LogP contribution in [-0.4, -0.2) is 22.8 Å². The molecule has 1 atom stereocenters. The summed E-state index contributed by atoms with van der Waals surface area (Å²) in [6.07, 6.45) is -0.767. The second-order valence-electron chi connectivity index (χ2n) is 4.19. The van der Waals surface area contributed by atoms with Crippen molar-refractivity contribution in [2.24, 2.45) is 0 Å². The van der Waals surface area contributed by atoms with E-state index in [4.69, 9.17) is 9.84 Å². The number of carboxylic acids is 1. The molecule has 0 amide bonds. The van der Waals surface area contributed by atoms with Gasteiger partial charge < -0.3 is 14.9 Å². The number of hydrogen-bond donors (Lipinski definition) is 2. The minimum Gasteiger partial charge on any atom is -0.489 e. The molecule has 0 saturated carbocycles. The molecule has 0 aliphatic carbocycles. The van der Waals surface area contributed by atoms with Gasteiger partial charge in [-0.1, -0.05) is 30.3 Å². The maximum absolute atomic E-state index is 10.9. The Balaban J connectivity index is 2.07. The van der Waals surface area contributed by atoms with Crippen molar-refractivity contribution < 1.29 is 19.7 Å². The number of aliphatic hydroxyl groups is 1. The van der Waals surface area contributed by atoms with Gasteiger partial charge in [-0.3, -0.25) is 0 Å². The number of halogens is 1. The molecule has 0 aliphatic heterocycles. The van der Waals surface area contributed by atoms with Crippen molar-refractivity contribution in [2.45, 2.75) is 6.10 Å². The summed E-state index contributed by atoms with van der Waals surface area (Å²) in [4.78, 5) is 10.9. The smallest absolute Gasteiger partial charge is 0.335 e. The molecule has 4 nitrogen and oxygen atoms in total. The molecule has 5 heteroatoms. The first-order valence-corrected chi connectivity index (χ1v) is 6.76. The van der Waals surface area contributed by atoms with Gasteiger partial charge in [0.2, 0.25) is 0 Å². The third kappa shape index (κ3) is 3.59. The SMILES string of the molecule is O=C(O)c1ccc(Br)c(OCC(O)c2ccccc2)c1. The minimum absolute atomic E-state index is 0.0473. The maximum atomic E-state index is 10.9. The number of rotatable bonds is 5. The molecular formula is C15H13BrO4. The topological polar surface area (TPSA) is 66.8 Å². The number of carboxylic acid groups (broad SMARTS) is 1. The minimum atomic E-state index is -1.02. The van der Waals surface area contributed by atoms with E-state index in [2.05, 4.69) is 15.9 Å². The summed E-state index contributed by atoms with van der Waals surface area (Å²) in [5.74, 6) is -0.633. The summed E-state index contributed by atoms with van der Waals surface area (Å²) in [6, 6.07) is 13.6. The molecule has 0 fully saturated rings. The highest BCUT2D eigenvalue weighted by atomic mass is 79.9. The zero-order valence-electron chi connectivity index (χ0n) is 10.5. The van der Waals surface area contributed by atoms with E-state index >= 15 is 0 Å². The summed E-state index contributed by atoms with van der Waals surface area (Å²) >= 11 is 3.29. The third-order valence-corrected chi connectivity index (χ3v) is 3.41. The van der Waals surface area contributed by atoms with Gasteiger partial charge in [-0.2, -0.15) is 0 Å². The average Bonchev–Trinajstić information content (AvgIpc) is 2.46. The Hall–Kier alpha value is -1.85. The van der Waals surface area contributed by atoms with Crippen molar-refractivity contribution >= 4 is 21.9 Å². The number of ether oxygens (including phenoxy) is 1. The van der Waals surface area contributed by atoms with E-state index in [1.807, 2.05) is 18.2 Å². The number of hydrogen-bond acceptors (Lipinski definition) is 3. The van der Waals surface area contributed by atoms with Crippen LogP contribution in [0.4, 0.5) is 0 Å². The molecule has 0 saturated heterocycles. The lowest BCUT2D eigenvalue weighted by molar-refractivity contribution is 0.0696. The Morgan fingerprint density at radius 3 is 2.55 bits per heavy atom. The molecule has 20 heavy (non-hydrogen) atoms. The quantitative estimate of drug-likeness (QED) is 0.879. The molecule has 2 aromatic rings. The van der Waals surface area contributed by atoms with E-state index in [0.717, 1.165) is 5.56 Å². The molecule has 0 bridgehead atoms. The van der Waals surface area contributed by atoms with Gasteiger partial charge in [0.25, 0.3) is 0 Å². The van der Waals surface area contributed by atoms with Crippen molar-refractivity contribution in [3.63, 3.8) is 0 Å². The molecule has 0 spiro atoms. The fourth-order valence-corrected chi connectivity index (χ4v) is 2.05. The average molecular weight is 337 g/mol. The van der Waals surface area contributed by atoms with Crippen LogP contribution in [0.3, 0.4) is 0 Å². The Morgan fingerprint density at radius 2 is 1.90 bits per heavy atom. The van der Waals surface area contributed by atoms with Crippen LogP contribution < -0.4 is 4.74 Å².